The third kappa shape index (κ3) is 4.02. The first-order chi connectivity index (χ1) is 12.6. The molecule has 0 bridgehead atoms. The summed E-state index contributed by atoms with van der Waals surface area (Å²) in [6.45, 7) is 0.700. The lowest BCUT2D eigenvalue weighted by atomic mass is 10.3. The maximum atomic E-state index is 12.2. The van der Waals surface area contributed by atoms with Gasteiger partial charge in [-0.25, -0.2) is 9.78 Å². The minimum absolute atomic E-state index is 0.0947. The zero-order valence-corrected chi connectivity index (χ0v) is 14.6. The van der Waals surface area contributed by atoms with Gasteiger partial charge in [0.1, 0.15) is 17.3 Å². The second-order valence-corrected chi connectivity index (χ2v) is 5.73. The highest BCUT2D eigenvalue weighted by molar-refractivity contribution is 5.99. The number of hydrogen-bond donors (Lipinski definition) is 2. The van der Waals surface area contributed by atoms with Gasteiger partial charge in [0.05, 0.1) is 26.1 Å². The first kappa shape index (κ1) is 17.5. The Labute approximate surface area is 151 Å². The standard InChI is InChI=1S/C18H20N4O4/c1-25-14-8-12(9-15(10-14)26-2)20-18(24)21-16-6-5-13(11-19-16)22-7-3-4-17(22)23/h5-6,8-11H,3-4,7H2,1-2H3,(H2,19,20,21,24). The molecule has 0 unspecified atom stereocenters. The van der Waals surface area contributed by atoms with E-state index in [-0.39, 0.29) is 5.91 Å². The number of carbonyl (C=O) groups is 2. The number of aromatic nitrogens is 1. The highest BCUT2D eigenvalue weighted by Gasteiger charge is 2.21. The van der Waals surface area contributed by atoms with Crippen molar-refractivity contribution in [2.75, 3.05) is 36.3 Å². The number of carbonyl (C=O) groups excluding carboxylic acids is 2. The summed E-state index contributed by atoms with van der Waals surface area (Å²) in [4.78, 5) is 29.8. The number of anilines is 3. The van der Waals surface area contributed by atoms with E-state index < -0.39 is 6.03 Å². The summed E-state index contributed by atoms with van der Waals surface area (Å²) in [5.74, 6) is 1.61. The van der Waals surface area contributed by atoms with Crippen molar-refractivity contribution in [1.29, 1.82) is 0 Å². The molecule has 0 aliphatic carbocycles. The van der Waals surface area contributed by atoms with Gasteiger partial charge in [-0.05, 0) is 18.6 Å². The van der Waals surface area contributed by atoms with E-state index in [4.69, 9.17) is 9.47 Å². The van der Waals surface area contributed by atoms with Crippen LogP contribution in [0.3, 0.4) is 0 Å². The molecule has 8 heteroatoms. The number of nitrogens with one attached hydrogen (secondary N) is 2. The number of benzene rings is 1. The second-order valence-electron chi connectivity index (χ2n) is 5.73. The molecule has 3 amide bonds. The predicted molar refractivity (Wildman–Crippen MR) is 98.0 cm³/mol. The van der Waals surface area contributed by atoms with Gasteiger partial charge < -0.3 is 19.7 Å². The zero-order chi connectivity index (χ0) is 18.5. The Morgan fingerprint density at radius 1 is 1.12 bits per heavy atom. The number of nitrogens with zero attached hydrogens (tertiary/aromatic N) is 2. The molecule has 1 fully saturated rings. The average Bonchev–Trinajstić information content (AvgIpc) is 3.07. The lowest BCUT2D eigenvalue weighted by Gasteiger charge is -2.15. The molecule has 0 saturated carbocycles. The Hall–Kier alpha value is -3.29. The minimum Gasteiger partial charge on any atom is -0.497 e. The fourth-order valence-corrected chi connectivity index (χ4v) is 2.70. The van der Waals surface area contributed by atoms with Crippen molar-refractivity contribution in [3.8, 4) is 11.5 Å². The molecule has 1 aromatic heterocycles. The van der Waals surface area contributed by atoms with E-state index in [1.54, 1.807) is 41.4 Å². The van der Waals surface area contributed by atoms with Gasteiger partial charge in [0.25, 0.3) is 0 Å². The van der Waals surface area contributed by atoms with Gasteiger partial charge in [-0.3, -0.25) is 10.1 Å². The SMILES string of the molecule is COc1cc(NC(=O)Nc2ccc(N3CCCC3=O)cn2)cc(OC)c1. The molecule has 0 radical (unpaired) electrons. The molecular formula is C18H20N4O4. The molecule has 8 nitrogen and oxygen atoms in total. The van der Waals surface area contributed by atoms with Crippen LogP contribution in [0.4, 0.5) is 22.0 Å². The first-order valence-corrected chi connectivity index (χ1v) is 8.16. The number of amides is 3. The van der Waals surface area contributed by atoms with E-state index >= 15 is 0 Å². The minimum atomic E-state index is -0.446. The van der Waals surface area contributed by atoms with E-state index in [9.17, 15) is 9.59 Å². The summed E-state index contributed by atoms with van der Waals surface area (Å²) in [7, 11) is 3.07. The zero-order valence-electron chi connectivity index (χ0n) is 14.6. The number of hydrogen-bond acceptors (Lipinski definition) is 5. The van der Waals surface area contributed by atoms with E-state index in [1.807, 2.05) is 0 Å². The topological polar surface area (TPSA) is 92.8 Å². The molecular weight excluding hydrogens is 336 g/mol. The second kappa shape index (κ2) is 7.73. The Balaban J connectivity index is 1.64. The Bertz CT molecular complexity index is 785. The number of pyridine rings is 1. The fraction of sp³-hybridized carbons (Fsp3) is 0.278. The van der Waals surface area contributed by atoms with Crippen LogP contribution in [0.15, 0.2) is 36.5 Å². The van der Waals surface area contributed by atoms with E-state index in [0.29, 0.717) is 36.0 Å². The molecule has 1 aliphatic heterocycles. The van der Waals surface area contributed by atoms with E-state index in [1.165, 1.54) is 14.2 Å². The van der Waals surface area contributed by atoms with Gasteiger partial charge in [-0.1, -0.05) is 0 Å². The van der Waals surface area contributed by atoms with Crippen LogP contribution in [0.25, 0.3) is 0 Å². The summed E-state index contributed by atoms with van der Waals surface area (Å²) < 4.78 is 10.3. The van der Waals surface area contributed by atoms with Crippen molar-refractivity contribution in [2.24, 2.45) is 0 Å². The van der Waals surface area contributed by atoms with Gasteiger partial charge in [0, 0.05) is 36.9 Å². The van der Waals surface area contributed by atoms with Crippen molar-refractivity contribution in [3.63, 3.8) is 0 Å². The molecule has 26 heavy (non-hydrogen) atoms. The van der Waals surface area contributed by atoms with Gasteiger partial charge in [-0.15, -0.1) is 0 Å². The van der Waals surface area contributed by atoms with Crippen molar-refractivity contribution in [1.82, 2.24) is 4.98 Å². The van der Waals surface area contributed by atoms with E-state index in [2.05, 4.69) is 15.6 Å². The maximum Gasteiger partial charge on any atom is 0.324 e. The third-order valence-corrected chi connectivity index (χ3v) is 3.98. The van der Waals surface area contributed by atoms with Gasteiger partial charge in [-0.2, -0.15) is 0 Å². The lowest BCUT2D eigenvalue weighted by molar-refractivity contribution is -0.117. The van der Waals surface area contributed by atoms with Crippen LogP contribution in [0.1, 0.15) is 12.8 Å². The van der Waals surface area contributed by atoms with Crippen LogP contribution in [0.5, 0.6) is 11.5 Å². The number of methoxy groups -OCH3 is 2. The Morgan fingerprint density at radius 3 is 2.38 bits per heavy atom. The molecule has 1 aliphatic rings. The molecule has 1 aromatic carbocycles. The predicted octanol–water partition coefficient (Wildman–Crippen LogP) is 2.87. The third-order valence-electron chi connectivity index (χ3n) is 3.98. The smallest absolute Gasteiger partial charge is 0.324 e. The lowest BCUT2D eigenvalue weighted by Crippen LogP contribution is -2.24. The van der Waals surface area contributed by atoms with Crippen LogP contribution in [-0.4, -0.2) is 37.7 Å². The number of rotatable bonds is 5. The Morgan fingerprint density at radius 2 is 1.85 bits per heavy atom. The molecule has 0 spiro atoms. The normalized spacial score (nSPS) is 13.5. The summed E-state index contributed by atoms with van der Waals surface area (Å²) in [6.07, 6.45) is 2.99. The summed E-state index contributed by atoms with van der Waals surface area (Å²) in [5, 5.41) is 5.35. The van der Waals surface area contributed by atoms with Crippen LogP contribution in [0, 0.1) is 0 Å². The number of ether oxygens (including phenoxy) is 2. The first-order valence-electron chi connectivity index (χ1n) is 8.16. The van der Waals surface area contributed by atoms with Gasteiger partial charge in [0.15, 0.2) is 0 Å². The highest BCUT2D eigenvalue weighted by atomic mass is 16.5. The average molecular weight is 356 g/mol. The summed E-state index contributed by atoms with van der Waals surface area (Å²) in [6, 6.07) is 8.04. The monoisotopic (exact) mass is 356 g/mol. The summed E-state index contributed by atoms with van der Waals surface area (Å²) in [5.41, 5.74) is 1.26. The largest absolute Gasteiger partial charge is 0.497 e. The van der Waals surface area contributed by atoms with Gasteiger partial charge in [0.2, 0.25) is 5.91 Å². The number of urea groups is 1. The maximum absolute atomic E-state index is 12.2. The fourth-order valence-electron chi connectivity index (χ4n) is 2.70. The molecule has 2 N–H and O–H groups in total. The molecule has 2 aromatic rings. The molecule has 3 rings (SSSR count). The van der Waals surface area contributed by atoms with Crippen LogP contribution >= 0.6 is 0 Å². The molecule has 0 atom stereocenters. The highest BCUT2D eigenvalue weighted by Crippen LogP contribution is 2.26. The van der Waals surface area contributed by atoms with Crippen LogP contribution in [0.2, 0.25) is 0 Å². The molecule has 2 heterocycles. The van der Waals surface area contributed by atoms with Crippen molar-refractivity contribution in [3.05, 3.63) is 36.5 Å². The van der Waals surface area contributed by atoms with Crippen molar-refractivity contribution in [2.45, 2.75) is 12.8 Å². The van der Waals surface area contributed by atoms with Crippen LogP contribution < -0.4 is 25.0 Å². The molecule has 136 valence electrons. The van der Waals surface area contributed by atoms with Crippen molar-refractivity contribution >= 4 is 29.1 Å². The quantitative estimate of drug-likeness (QED) is 0.859. The van der Waals surface area contributed by atoms with Crippen LogP contribution in [-0.2, 0) is 4.79 Å². The Kier molecular flexibility index (Phi) is 5.21. The van der Waals surface area contributed by atoms with Crippen molar-refractivity contribution < 1.29 is 19.1 Å². The summed E-state index contributed by atoms with van der Waals surface area (Å²) >= 11 is 0. The molecule has 1 saturated heterocycles. The van der Waals surface area contributed by atoms with Gasteiger partial charge >= 0.3 is 6.03 Å². The van der Waals surface area contributed by atoms with E-state index in [0.717, 1.165) is 12.1 Å².